The van der Waals surface area contributed by atoms with Crippen LogP contribution in [0.2, 0.25) is 0 Å². The van der Waals surface area contributed by atoms with Gasteiger partial charge in [-0.25, -0.2) is 27.6 Å². The molecule has 1 aromatic carbocycles. The summed E-state index contributed by atoms with van der Waals surface area (Å²) >= 11 is 0. The molecule has 0 saturated heterocycles. The number of ether oxygens (including phenoxy) is 1. The second kappa shape index (κ2) is 11.0. The number of nitrogens with zero attached hydrogens (tertiary/aromatic N) is 4. The van der Waals surface area contributed by atoms with Crippen molar-refractivity contribution in [2.45, 2.75) is 53.5 Å². The fourth-order valence-electron chi connectivity index (χ4n) is 3.33. The van der Waals surface area contributed by atoms with Crippen LogP contribution in [0.15, 0.2) is 6.07 Å². The Bertz CT molecular complexity index is 1340. The highest BCUT2D eigenvalue weighted by atomic mass is 32.3. The third kappa shape index (κ3) is 7.81. The number of nitriles is 1. The van der Waals surface area contributed by atoms with Crippen LogP contribution in [0.1, 0.15) is 53.5 Å². The molecule has 0 fully saturated rings. The zero-order valence-corrected chi connectivity index (χ0v) is 22.1. The molecule has 0 atom stereocenters. The molecule has 2 rings (SSSR count). The third-order valence-electron chi connectivity index (χ3n) is 4.75. The van der Waals surface area contributed by atoms with E-state index < -0.39 is 69.4 Å². The van der Waals surface area contributed by atoms with Gasteiger partial charge in [0.05, 0.1) is 12.2 Å². The molecule has 0 spiro atoms. The molecule has 2 N–H and O–H groups in total. The number of carbonyl (C=O) groups is 2. The largest absolute Gasteiger partial charge is 0.428 e. The Balaban J connectivity index is 2.52. The normalized spacial score (nSPS) is 12.3. The summed E-state index contributed by atoms with van der Waals surface area (Å²) in [5.74, 6) is -2.78. The van der Waals surface area contributed by atoms with Crippen LogP contribution in [0.4, 0.5) is 19.5 Å². The average molecular weight is 546 g/mol. The lowest BCUT2D eigenvalue weighted by Crippen LogP contribution is -2.41. The van der Waals surface area contributed by atoms with Crippen molar-refractivity contribution in [2.75, 3.05) is 24.8 Å². The summed E-state index contributed by atoms with van der Waals surface area (Å²) in [5.41, 5.74) is -2.78. The number of benzene rings is 1. The van der Waals surface area contributed by atoms with E-state index in [0.717, 1.165) is 4.90 Å². The number of amides is 2. The summed E-state index contributed by atoms with van der Waals surface area (Å²) in [6.45, 7) is 8.68. The minimum atomic E-state index is -4.69. The van der Waals surface area contributed by atoms with Crippen molar-refractivity contribution in [1.82, 2.24) is 14.9 Å². The molecule has 0 radical (unpaired) electrons. The molecule has 37 heavy (non-hydrogen) atoms. The molecule has 0 aliphatic heterocycles. The Kier molecular flexibility index (Phi) is 8.84. The van der Waals surface area contributed by atoms with Gasteiger partial charge >= 0.3 is 16.5 Å². The minimum Gasteiger partial charge on any atom is -0.428 e. The number of aromatic nitrogens is 2. The van der Waals surface area contributed by atoms with Crippen LogP contribution in [-0.4, -0.2) is 54.4 Å². The predicted molar refractivity (Wildman–Crippen MR) is 128 cm³/mol. The van der Waals surface area contributed by atoms with Gasteiger partial charge in [-0.15, -0.1) is 0 Å². The highest BCUT2D eigenvalue weighted by Crippen LogP contribution is 2.35. The second-order valence-electron chi connectivity index (χ2n) is 10.2. The van der Waals surface area contributed by atoms with Gasteiger partial charge in [-0.2, -0.15) is 13.7 Å². The van der Waals surface area contributed by atoms with E-state index in [2.05, 4.69) is 14.5 Å². The van der Waals surface area contributed by atoms with Crippen molar-refractivity contribution in [3.63, 3.8) is 0 Å². The number of carbonyl (C=O) groups excluding carboxylic acids is 2. The van der Waals surface area contributed by atoms with E-state index in [9.17, 15) is 27.7 Å². The molecule has 204 valence electrons. The second-order valence-corrected chi connectivity index (χ2v) is 11.3. The molecule has 0 saturated carbocycles. The van der Waals surface area contributed by atoms with Crippen LogP contribution < -0.4 is 10.2 Å². The maximum atomic E-state index is 15.2. The molecule has 2 amide bonds. The molecule has 12 nitrogen and oxygen atoms in total. The van der Waals surface area contributed by atoms with Gasteiger partial charge in [0.25, 0.3) is 0 Å². The highest BCUT2D eigenvalue weighted by Gasteiger charge is 2.33. The Morgan fingerprint density at radius 1 is 1.24 bits per heavy atom. The molecule has 1 aromatic heterocycles. The summed E-state index contributed by atoms with van der Waals surface area (Å²) in [7, 11) is -4.69. The first-order valence-electron chi connectivity index (χ1n) is 11.0. The van der Waals surface area contributed by atoms with Crippen LogP contribution >= 0.6 is 0 Å². The third-order valence-corrected chi connectivity index (χ3v) is 5.21. The molecule has 15 heteroatoms. The molecular formula is C22H29F2N5O7S. The lowest BCUT2D eigenvalue weighted by atomic mass is 9.92. The Labute approximate surface area is 213 Å². The molecule has 0 aliphatic rings. The molecule has 1 heterocycles. The number of anilines is 1. The SMILES string of the molecule is CC(C)(C)CC(=O)N(COC(=O)NCCOS(=O)(=O)O)c1nc2c(F)cc(C#N)c(F)c2n1C(C)(C)C. The van der Waals surface area contributed by atoms with Crippen molar-refractivity contribution in [3.05, 3.63) is 23.3 Å². The Morgan fingerprint density at radius 3 is 2.38 bits per heavy atom. The predicted octanol–water partition coefficient (Wildman–Crippen LogP) is 3.21. The van der Waals surface area contributed by atoms with Crippen LogP contribution in [0, 0.1) is 28.4 Å². The standard InChI is InChI=1S/C22H29F2N5O7S/c1-21(2,3)10-15(30)28(12-35-20(31)26-7-8-36-37(32,33)34)19-27-17-14(23)9-13(11-25)16(24)18(17)29(19)22(4,5)6/h9H,7-8,10,12H2,1-6H3,(H,26,31)(H,32,33,34). The van der Waals surface area contributed by atoms with Crippen LogP contribution in [0.3, 0.4) is 0 Å². The van der Waals surface area contributed by atoms with E-state index in [0.29, 0.717) is 6.07 Å². The topological polar surface area (TPSA) is 164 Å². The minimum absolute atomic E-state index is 0.0536. The first-order valence-corrected chi connectivity index (χ1v) is 12.4. The number of hydrogen-bond donors (Lipinski definition) is 2. The van der Waals surface area contributed by atoms with Gasteiger partial charge in [-0.05, 0) is 32.3 Å². The number of nitrogens with one attached hydrogen (secondary N) is 1. The molecule has 0 aliphatic carbocycles. The molecule has 0 unspecified atom stereocenters. The van der Waals surface area contributed by atoms with Crippen molar-refractivity contribution in [1.29, 1.82) is 5.26 Å². The fraction of sp³-hybridized carbons (Fsp3) is 0.545. The Hall–Kier alpha value is -3.35. The summed E-state index contributed by atoms with van der Waals surface area (Å²) < 4.78 is 70.2. The number of hydrogen-bond acceptors (Lipinski definition) is 8. The zero-order valence-electron chi connectivity index (χ0n) is 21.3. The van der Waals surface area contributed by atoms with Gasteiger partial charge in [-0.1, -0.05) is 20.8 Å². The molecular weight excluding hydrogens is 516 g/mol. The molecule has 0 bridgehead atoms. The van der Waals surface area contributed by atoms with E-state index in [1.165, 1.54) is 4.57 Å². The maximum absolute atomic E-state index is 15.2. The van der Waals surface area contributed by atoms with E-state index >= 15 is 4.39 Å². The fourth-order valence-corrected chi connectivity index (χ4v) is 3.62. The number of rotatable bonds is 8. The number of alkyl carbamates (subject to hydrolysis) is 1. The van der Waals surface area contributed by atoms with Gasteiger partial charge in [-0.3, -0.25) is 9.35 Å². The van der Waals surface area contributed by atoms with E-state index in [1.54, 1.807) is 47.6 Å². The summed E-state index contributed by atoms with van der Waals surface area (Å²) in [5, 5.41) is 11.4. The van der Waals surface area contributed by atoms with Crippen molar-refractivity contribution in [2.24, 2.45) is 5.41 Å². The summed E-state index contributed by atoms with van der Waals surface area (Å²) in [4.78, 5) is 30.6. The van der Waals surface area contributed by atoms with Crippen molar-refractivity contribution in [3.8, 4) is 6.07 Å². The smallest absolute Gasteiger partial charge is 0.408 e. The number of fused-ring (bicyclic) bond motifs is 1. The van der Waals surface area contributed by atoms with Gasteiger partial charge in [0, 0.05) is 18.5 Å². The lowest BCUT2D eigenvalue weighted by Gasteiger charge is -2.30. The van der Waals surface area contributed by atoms with Crippen molar-refractivity contribution >= 4 is 39.4 Å². The Morgan fingerprint density at radius 2 is 1.86 bits per heavy atom. The summed E-state index contributed by atoms with van der Waals surface area (Å²) in [6.07, 6.45) is -1.13. The van der Waals surface area contributed by atoms with Crippen LogP contribution in [-0.2, 0) is 29.7 Å². The van der Waals surface area contributed by atoms with E-state index in [1.807, 2.05) is 0 Å². The van der Waals surface area contributed by atoms with Gasteiger partial charge in [0.2, 0.25) is 11.9 Å². The quantitative estimate of drug-likeness (QED) is 0.288. The van der Waals surface area contributed by atoms with Crippen molar-refractivity contribution < 1.29 is 40.3 Å². The zero-order chi connectivity index (χ0) is 28.3. The molecule has 2 aromatic rings. The van der Waals surface area contributed by atoms with Gasteiger partial charge in [0.15, 0.2) is 18.4 Å². The van der Waals surface area contributed by atoms with E-state index in [4.69, 9.17) is 9.29 Å². The van der Waals surface area contributed by atoms with Crippen LogP contribution in [0.25, 0.3) is 11.0 Å². The number of imidazole rings is 1. The first kappa shape index (κ1) is 29.9. The number of halogens is 2. The monoisotopic (exact) mass is 545 g/mol. The van der Waals surface area contributed by atoms with E-state index in [-0.39, 0.29) is 24.4 Å². The van der Waals surface area contributed by atoms with Crippen LogP contribution in [0.5, 0.6) is 0 Å². The highest BCUT2D eigenvalue weighted by molar-refractivity contribution is 7.80. The van der Waals surface area contributed by atoms with Gasteiger partial charge < -0.3 is 14.6 Å². The average Bonchev–Trinajstić information content (AvgIpc) is 3.13. The lowest BCUT2D eigenvalue weighted by molar-refractivity contribution is -0.121. The first-order chi connectivity index (χ1) is 16.9. The van der Waals surface area contributed by atoms with Gasteiger partial charge in [0.1, 0.15) is 17.1 Å². The summed E-state index contributed by atoms with van der Waals surface area (Å²) in [6, 6.07) is 2.30. The maximum Gasteiger partial charge on any atom is 0.408 e.